The van der Waals surface area contributed by atoms with Gasteiger partial charge in [-0.05, 0) is 129 Å². The standard InChI is InChI=1S/C34H46O8/c1-4-31(35)39-14-19-5-25-21-9-23(27(11-21)29(25)7-19)16-40-32(36)13-33(37)41-17-24-10-22-12-28(24)30-8-20(6-26(22)30)15-42-34(38)18(2)3/h4,19-30H,1-2,5-17H2,3H3/t19?,20?,21?,22?,23?,24?,25-,26+,27?,28?,29-,30+/m1/s1. The van der Waals surface area contributed by atoms with Crippen LogP contribution in [0.1, 0.15) is 64.7 Å². The average Bonchev–Trinajstić information content (AvgIpc) is 3.79. The van der Waals surface area contributed by atoms with Gasteiger partial charge in [0.25, 0.3) is 0 Å². The number of rotatable bonds is 12. The quantitative estimate of drug-likeness (QED) is 0.138. The van der Waals surface area contributed by atoms with Gasteiger partial charge in [-0.2, -0.15) is 0 Å². The second-order valence-electron chi connectivity index (χ2n) is 14.4. The van der Waals surface area contributed by atoms with Crippen molar-refractivity contribution in [1.29, 1.82) is 0 Å². The zero-order valence-electron chi connectivity index (χ0n) is 24.9. The molecule has 8 heteroatoms. The number of esters is 4. The van der Waals surface area contributed by atoms with Crippen LogP contribution in [0.4, 0.5) is 0 Å². The first kappa shape index (κ1) is 29.4. The lowest BCUT2D eigenvalue weighted by Crippen LogP contribution is -2.29. The second-order valence-corrected chi connectivity index (χ2v) is 14.4. The van der Waals surface area contributed by atoms with E-state index in [4.69, 9.17) is 18.9 Å². The van der Waals surface area contributed by atoms with E-state index in [0.29, 0.717) is 103 Å². The van der Waals surface area contributed by atoms with E-state index in [9.17, 15) is 19.2 Å². The van der Waals surface area contributed by atoms with E-state index in [1.54, 1.807) is 6.92 Å². The number of carbonyl (C=O) groups is 4. The monoisotopic (exact) mass is 582 g/mol. The number of ether oxygens (including phenoxy) is 4. The molecule has 6 aliphatic rings. The molecule has 0 saturated heterocycles. The molecule has 0 aromatic heterocycles. The molecule has 6 fully saturated rings. The minimum absolute atomic E-state index is 0.310. The summed E-state index contributed by atoms with van der Waals surface area (Å²) in [7, 11) is 0. The van der Waals surface area contributed by atoms with Crippen molar-refractivity contribution in [2.75, 3.05) is 26.4 Å². The van der Waals surface area contributed by atoms with Crippen LogP contribution in [-0.2, 0) is 38.1 Å². The number of carbonyl (C=O) groups excluding carboxylic acids is 4. The molecule has 0 aliphatic heterocycles. The van der Waals surface area contributed by atoms with Crippen LogP contribution in [0.5, 0.6) is 0 Å². The van der Waals surface area contributed by atoms with Crippen molar-refractivity contribution in [3.8, 4) is 0 Å². The maximum Gasteiger partial charge on any atom is 0.333 e. The van der Waals surface area contributed by atoms with Crippen LogP contribution >= 0.6 is 0 Å². The molecular formula is C34H46O8. The summed E-state index contributed by atoms with van der Waals surface area (Å²) in [5.74, 6) is 4.92. The lowest BCUT2D eigenvalue weighted by atomic mass is 9.76. The Balaban J connectivity index is 0.882. The molecule has 0 spiro atoms. The van der Waals surface area contributed by atoms with Crippen LogP contribution in [0, 0.1) is 71.0 Å². The topological polar surface area (TPSA) is 105 Å². The Labute approximate surface area is 248 Å². The highest BCUT2D eigenvalue weighted by molar-refractivity contribution is 5.91. The first-order chi connectivity index (χ1) is 20.2. The van der Waals surface area contributed by atoms with Crippen LogP contribution in [0.15, 0.2) is 24.8 Å². The SMILES string of the molecule is C=CC(=O)OCC1C[C@@H]2C3CC(COC(=O)CC(=O)OCC4CC5CC4[C@H]4CC(COC(=O)C(=C)C)C[C@@H]54)C(C3)[C@@H]2C1. The van der Waals surface area contributed by atoms with Crippen LogP contribution in [0.3, 0.4) is 0 Å². The molecule has 6 saturated carbocycles. The van der Waals surface area contributed by atoms with Crippen molar-refractivity contribution in [2.24, 2.45) is 71.0 Å². The molecule has 8 unspecified atom stereocenters. The Kier molecular flexibility index (Phi) is 8.52. The summed E-state index contributed by atoms with van der Waals surface area (Å²) >= 11 is 0. The van der Waals surface area contributed by atoms with Gasteiger partial charge >= 0.3 is 23.9 Å². The van der Waals surface area contributed by atoms with Gasteiger partial charge in [0.15, 0.2) is 0 Å². The molecule has 0 aromatic carbocycles. The third-order valence-electron chi connectivity index (χ3n) is 12.0. The van der Waals surface area contributed by atoms with Crippen molar-refractivity contribution >= 4 is 23.9 Å². The van der Waals surface area contributed by atoms with Gasteiger partial charge in [-0.25, -0.2) is 9.59 Å². The van der Waals surface area contributed by atoms with Gasteiger partial charge in [0.1, 0.15) is 6.42 Å². The Morgan fingerprint density at radius 1 is 0.619 bits per heavy atom. The van der Waals surface area contributed by atoms with E-state index in [2.05, 4.69) is 13.2 Å². The predicted octanol–water partition coefficient (Wildman–Crippen LogP) is 4.91. The third kappa shape index (κ3) is 5.92. The fraction of sp³-hybridized carbons (Fsp3) is 0.765. The fourth-order valence-electron chi connectivity index (χ4n) is 10.5. The molecule has 6 rings (SSSR count). The van der Waals surface area contributed by atoms with Crippen LogP contribution < -0.4 is 0 Å². The lowest BCUT2D eigenvalue weighted by Gasteiger charge is -2.31. The summed E-state index contributed by atoms with van der Waals surface area (Å²) in [5.41, 5.74) is 0.437. The van der Waals surface area contributed by atoms with Crippen molar-refractivity contribution in [1.82, 2.24) is 0 Å². The summed E-state index contributed by atoms with van der Waals surface area (Å²) in [6.45, 7) is 10.5. The highest BCUT2D eigenvalue weighted by Gasteiger charge is 2.57. The van der Waals surface area contributed by atoms with Crippen LogP contribution in [0.2, 0.25) is 0 Å². The number of fused-ring (bicyclic) bond motifs is 10. The van der Waals surface area contributed by atoms with Gasteiger partial charge in [-0.1, -0.05) is 13.2 Å². The zero-order chi connectivity index (χ0) is 29.5. The third-order valence-corrected chi connectivity index (χ3v) is 12.0. The van der Waals surface area contributed by atoms with E-state index in [1.807, 2.05) is 0 Å². The molecule has 0 radical (unpaired) electrons. The van der Waals surface area contributed by atoms with Crippen molar-refractivity contribution < 1.29 is 38.1 Å². The highest BCUT2D eigenvalue weighted by Crippen LogP contribution is 2.63. The van der Waals surface area contributed by atoms with Gasteiger partial charge in [0.2, 0.25) is 0 Å². The molecular weight excluding hydrogens is 536 g/mol. The molecule has 4 bridgehead atoms. The molecule has 0 N–H and O–H groups in total. The van der Waals surface area contributed by atoms with Gasteiger partial charge in [0.05, 0.1) is 26.4 Å². The summed E-state index contributed by atoms with van der Waals surface area (Å²) in [6.07, 6.45) is 9.81. The minimum atomic E-state index is -0.490. The first-order valence-electron chi connectivity index (χ1n) is 16.1. The van der Waals surface area contributed by atoms with E-state index in [-0.39, 0.29) is 18.4 Å². The maximum absolute atomic E-state index is 12.5. The molecule has 42 heavy (non-hydrogen) atoms. The molecule has 8 nitrogen and oxygen atoms in total. The molecule has 6 aliphatic carbocycles. The summed E-state index contributed by atoms with van der Waals surface area (Å²) < 4.78 is 21.9. The normalized spacial score (nSPS) is 40.3. The summed E-state index contributed by atoms with van der Waals surface area (Å²) in [6, 6.07) is 0. The van der Waals surface area contributed by atoms with Crippen LogP contribution in [-0.4, -0.2) is 50.3 Å². The fourth-order valence-corrected chi connectivity index (χ4v) is 10.5. The largest absolute Gasteiger partial charge is 0.465 e. The minimum Gasteiger partial charge on any atom is -0.465 e. The highest BCUT2D eigenvalue weighted by atomic mass is 16.6. The van der Waals surface area contributed by atoms with Gasteiger partial charge in [-0.3, -0.25) is 9.59 Å². The zero-order valence-corrected chi connectivity index (χ0v) is 24.9. The van der Waals surface area contributed by atoms with Gasteiger partial charge < -0.3 is 18.9 Å². The van der Waals surface area contributed by atoms with Crippen molar-refractivity contribution in [2.45, 2.75) is 64.7 Å². The van der Waals surface area contributed by atoms with E-state index >= 15 is 0 Å². The molecule has 0 amide bonds. The van der Waals surface area contributed by atoms with E-state index in [1.165, 1.54) is 18.9 Å². The first-order valence-corrected chi connectivity index (χ1v) is 16.1. The lowest BCUT2D eigenvalue weighted by molar-refractivity contribution is -0.157. The Morgan fingerprint density at radius 2 is 1.10 bits per heavy atom. The van der Waals surface area contributed by atoms with E-state index < -0.39 is 11.9 Å². The predicted molar refractivity (Wildman–Crippen MR) is 152 cm³/mol. The summed E-state index contributed by atoms with van der Waals surface area (Å²) in [4.78, 5) is 48.3. The molecule has 230 valence electrons. The van der Waals surface area contributed by atoms with Crippen molar-refractivity contribution in [3.05, 3.63) is 24.8 Å². The van der Waals surface area contributed by atoms with Crippen molar-refractivity contribution in [3.63, 3.8) is 0 Å². The molecule has 12 atom stereocenters. The maximum atomic E-state index is 12.5. The number of hydrogen-bond donors (Lipinski definition) is 0. The number of hydrogen-bond acceptors (Lipinski definition) is 8. The van der Waals surface area contributed by atoms with Gasteiger partial charge in [0, 0.05) is 11.6 Å². The second kappa shape index (κ2) is 12.2. The molecule has 0 aromatic rings. The Bertz CT molecular complexity index is 1110. The smallest absolute Gasteiger partial charge is 0.333 e. The van der Waals surface area contributed by atoms with Gasteiger partial charge in [-0.15, -0.1) is 0 Å². The Morgan fingerprint density at radius 3 is 1.57 bits per heavy atom. The Hall–Kier alpha value is -2.64. The van der Waals surface area contributed by atoms with E-state index in [0.717, 1.165) is 38.5 Å². The summed E-state index contributed by atoms with van der Waals surface area (Å²) in [5, 5.41) is 0. The average molecular weight is 583 g/mol. The van der Waals surface area contributed by atoms with Crippen LogP contribution in [0.25, 0.3) is 0 Å². The molecule has 0 heterocycles.